The summed E-state index contributed by atoms with van der Waals surface area (Å²) in [4.78, 5) is 24.0. The number of aromatic amines is 1. The first-order chi connectivity index (χ1) is 6.02. The molecule has 0 radical (unpaired) electrons. The fraction of sp³-hybridized carbons (Fsp3) is 0.333. The van der Waals surface area contributed by atoms with Gasteiger partial charge in [-0.05, 0) is 12.0 Å². The third-order valence-corrected chi connectivity index (χ3v) is 1.79. The van der Waals surface area contributed by atoms with Crippen molar-refractivity contribution < 1.29 is 9.90 Å². The number of H-pyrrole nitrogens is 1. The summed E-state index contributed by atoms with van der Waals surface area (Å²) >= 11 is 0. The average Bonchev–Trinajstić information content (AvgIpc) is 2.03. The van der Waals surface area contributed by atoms with Crippen LogP contribution in [0.5, 0.6) is 0 Å². The Morgan fingerprint density at radius 1 is 1.46 bits per heavy atom. The van der Waals surface area contributed by atoms with E-state index in [-0.39, 0.29) is 17.2 Å². The Bertz CT molecular complexity index is 379. The van der Waals surface area contributed by atoms with Gasteiger partial charge < -0.3 is 10.1 Å². The minimum atomic E-state index is -1.12. The van der Waals surface area contributed by atoms with Crippen molar-refractivity contribution in [1.82, 2.24) is 4.98 Å². The van der Waals surface area contributed by atoms with Gasteiger partial charge in [-0.2, -0.15) is 0 Å². The lowest BCUT2D eigenvalue weighted by Gasteiger charge is -2.03. The summed E-state index contributed by atoms with van der Waals surface area (Å²) in [5.41, 5.74) is 0.203. The van der Waals surface area contributed by atoms with Crippen LogP contribution < -0.4 is 5.56 Å². The van der Waals surface area contributed by atoms with Crippen LogP contribution in [0.2, 0.25) is 0 Å². The average molecular weight is 181 g/mol. The standard InChI is InChI=1S/C9H11NO3/c1-5(2)6-3-4-7(9(12)13)10-8(6)11/h3-5H,1-2H3,(H,10,11)(H,12,13). The predicted molar refractivity (Wildman–Crippen MR) is 48.1 cm³/mol. The summed E-state index contributed by atoms with van der Waals surface area (Å²) in [6.07, 6.45) is 0. The molecule has 0 aliphatic carbocycles. The van der Waals surface area contributed by atoms with Crippen molar-refractivity contribution in [2.75, 3.05) is 0 Å². The van der Waals surface area contributed by atoms with Crippen molar-refractivity contribution >= 4 is 5.97 Å². The van der Waals surface area contributed by atoms with Gasteiger partial charge in [-0.1, -0.05) is 19.9 Å². The molecular formula is C9H11NO3. The molecule has 0 spiro atoms. The van der Waals surface area contributed by atoms with Gasteiger partial charge >= 0.3 is 5.97 Å². The highest BCUT2D eigenvalue weighted by Gasteiger charge is 2.08. The Labute approximate surface area is 75.2 Å². The van der Waals surface area contributed by atoms with Gasteiger partial charge in [-0.3, -0.25) is 4.79 Å². The van der Waals surface area contributed by atoms with E-state index in [0.717, 1.165) is 0 Å². The second-order valence-corrected chi connectivity index (χ2v) is 3.12. The second kappa shape index (κ2) is 3.43. The molecule has 0 aliphatic heterocycles. The molecule has 1 aromatic rings. The number of pyridine rings is 1. The van der Waals surface area contributed by atoms with Gasteiger partial charge in [0.15, 0.2) is 0 Å². The van der Waals surface area contributed by atoms with E-state index in [1.165, 1.54) is 6.07 Å². The molecule has 0 fully saturated rings. The van der Waals surface area contributed by atoms with Crippen LogP contribution in [0.15, 0.2) is 16.9 Å². The second-order valence-electron chi connectivity index (χ2n) is 3.12. The summed E-state index contributed by atoms with van der Waals surface area (Å²) in [7, 11) is 0. The molecule has 4 nitrogen and oxygen atoms in total. The van der Waals surface area contributed by atoms with Gasteiger partial charge in [-0.15, -0.1) is 0 Å². The molecule has 1 rings (SSSR count). The molecule has 2 N–H and O–H groups in total. The topological polar surface area (TPSA) is 70.2 Å². The van der Waals surface area contributed by atoms with Crippen LogP contribution in [0.25, 0.3) is 0 Å². The molecule has 70 valence electrons. The van der Waals surface area contributed by atoms with Gasteiger partial charge in [0.2, 0.25) is 0 Å². The minimum absolute atomic E-state index is 0.0746. The van der Waals surface area contributed by atoms with Crippen molar-refractivity contribution in [3.63, 3.8) is 0 Å². The highest BCUT2D eigenvalue weighted by molar-refractivity contribution is 5.85. The molecule has 4 heteroatoms. The van der Waals surface area contributed by atoms with E-state index in [1.54, 1.807) is 6.07 Å². The fourth-order valence-corrected chi connectivity index (χ4v) is 1.06. The van der Waals surface area contributed by atoms with Crippen LogP contribution in [0.1, 0.15) is 35.8 Å². The third-order valence-electron chi connectivity index (χ3n) is 1.79. The summed E-state index contributed by atoms with van der Waals surface area (Å²) in [6.45, 7) is 3.76. The zero-order valence-electron chi connectivity index (χ0n) is 7.50. The summed E-state index contributed by atoms with van der Waals surface area (Å²) < 4.78 is 0. The van der Waals surface area contributed by atoms with Crippen molar-refractivity contribution in [3.05, 3.63) is 33.7 Å². The van der Waals surface area contributed by atoms with Gasteiger partial charge in [0.05, 0.1) is 0 Å². The maximum absolute atomic E-state index is 11.3. The van der Waals surface area contributed by atoms with Crippen molar-refractivity contribution in [1.29, 1.82) is 0 Å². The number of aromatic nitrogens is 1. The van der Waals surface area contributed by atoms with E-state index in [2.05, 4.69) is 4.98 Å². The molecule has 13 heavy (non-hydrogen) atoms. The molecule has 0 atom stereocenters. The number of hydrogen-bond acceptors (Lipinski definition) is 2. The van der Waals surface area contributed by atoms with Gasteiger partial charge in [0.25, 0.3) is 5.56 Å². The van der Waals surface area contributed by atoms with Crippen LogP contribution in [0.4, 0.5) is 0 Å². The molecule has 1 heterocycles. The SMILES string of the molecule is CC(C)c1ccc(C(=O)O)[nH]c1=O. The van der Waals surface area contributed by atoms with Gasteiger partial charge in [0, 0.05) is 5.56 Å². The van der Waals surface area contributed by atoms with E-state index in [1.807, 2.05) is 13.8 Å². The van der Waals surface area contributed by atoms with E-state index < -0.39 is 5.97 Å². The number of aromatic carboxylic acids is 1. The summed E-state index contributed by atoms with van der Waals surface area (Å²) in [5.74, 6) is -1.01. The van der Waals surface area contributed by atoms with Crippen molar-refractivity contribution in [2.24, 2.45) is 0 Å². The minimum Gasteiger partial charge on any atom is -0.477 e. The lowest BCUT2D eigenvalue weighted by atomic mass is 10.1. The zero-order valence-corrected chi connectivity index (χ0v) is 7.50. The molecule has 0 amide bonds. The molecule has 0 aromatic carbocycles. The highest BCUT2D eigenvalue weighted by atomic mass is 16.4. The predicted octanol–water partition coefficient (Wildman–Crippen LogP) is 1.20. The molecule has 0 saturated carbocycles. The van der Waals surface area contributed by atoms with Crippen LogP contribution in [0.3, 0.4) is 0 Å². The quantitative estimate of drug-likeness (QED) is 0.720. The highest BCUT2D eigenvalue weighted by Crippen LogP contribution is 2.08. The monoisotopic (exact) mass is 181 g/mol. The molecule has 1 aromatic heterocycles. The lowest BCUT2D eigenvalue weighted by Crippen LogP contribution is -2.17. The van der Waals surface area contributed by atoms with Crippen LogP contribution in [0, 0.1) is 0 Å². The van der Waals surface area contributed by atoms with Crippen molar-refractivity contribution in [3.8, 4) is 0 Å². The molecular weight excluding hydrogens is 170 g/mol. The number of carboxylic acid groups (broad SMARTS) is 1. The largest absolute Gasteiger partial charge is 0.477 e. The Balaban J connectivity index is 3.21. The van der Waals surface area contributed by atoms with Crippen LogP contribution in [-0.2, 0) is 0 Å². The van der Waals surface area contributed by atoms with Crippen LogP contribution in [-0.4, -0.2) is 16.1 Å². The molecule has 0 saturated heterocycles. The Morgan fingerprint density at radius 2 is 2.08 bits per heavy atom. The number of nitrogens with one attached hydrogen (secondary N) is 1. The van der Waals surface area contributed by atoms with Crippen LogP contribution >= 0.6 is 0 Å². The van der Waals surface area contributed by atoms with E-state index in [0.29, 0.717) is 5.56 Å². The number of carbonyl (C=O) groups is 1. The summed E-state index contributed by atoms with van der Waals surface area (Å²) in [6, 6.07) is 2.95. The van der Waals surface area contributed by atoms with E-state index in [9.17, 15) is 9.59 Å². The smallest absolute Gasteiger partial charge is 0.352 e. The first-order valence-corrected chi connectivity index (χ1v) is 3.99. The molecule has 0 unspecified atom stereocenters. The van der Waals surface area contributed by atoms with Gasteiger partial charge in [0.1, 0.15) is 5.69 Å². The summed E-state index contributed by atoms with van der Waals surface area (Å²) in [5, 5.41) is 8.57. The first-order valence-electron chi connectivity index (χ1n) is 3.99. The van der Waals surface area contributed by atoms with Crippen molar-refractivity contribution in [2.45, 2.75) is 19.8 Å². The number of rotatable bonds is 2. The van der Waals surface area contributed by atoms with E-state index in [4.69, 9.17) is 5.11 Å². The van der Waals surface area contributed by atoms with Gasteiger partial charge in [-0.25, -0.2) is 4.79 Å². The third kappa shape index (κ3) is 1.96. The molecule has 0 bridgehead atoms. The maximum atomic E-state index is 11.3. The Hall–Kier alpha value is -1.58. The number of carboxylic acids is 1. The molecule has 0 aliphatic rings. The lowest BCUT2D eigenvalue weighted by molar-refractivity contribution is 0.0690. The zero-order chi connectivity index (χ0) is 10.0. The Kier molecular flexibility index (Phi) is 2.51. The van der Waals surface area contributed by atoms with E-state index >= 15 is 0 Å². The Morgan fingerprint density at radius 3 is 2.46 bits per heavy atom. The normalized spacial score (nSPS) is 10.4. The first kappa shape index (κ1) is 9.51. The fourth-order valence-electron chi connectivity index (χ4n) is 1.06. The number of hydrogen-bond donors (Lipinski definition) is 2. The maximum Gasteiger partial charge on any atom is 0.352 e.